The van der Waals surface area contributed by atoms with E-state index in [-0.39, 0.29) is 0 Å². The minimum Gasteiger partial charge on any atom is -0.0998 e. The van der Waals surface area contributed by atoms with Crippen molar-refractivity contribution in [3.63, 3.8) is 0 Å². The van der Waals surface area contributed by atoms with Crippen LogP contribution in [0.5, 0.6) is 0 Å². The molecule has 4 aliphatic rings. The fraction of sp³-hybridized carbons (Fsp3) is 0.750. The van der Waals surface area contributed by atoms with Crippen LogP contribution in [-0.2, 0) is 0 Å². The molecule has 4 fully saturated rings. The summed E-state index contributed by atoms with van der Waals surface area (Å²) in [5.74, 6) is 3.38. The highest BCUT2D eigenvalue weighted by Gasteiger charge is 2.59. The second-order valence-electron chi connectivity index (χ2n) is 9.35. The third kappa shape index (κ3) is 2.39. The smallest absolute Gasteiger partial charge is 0.00878 e. The third-order valence-electron chi connectivity index (χ3n) is 8.54. The summed E-state index contributed by atoms with van der Waals surface area (Å²) in [5.41, 5.74) is 5.49. The van der Waals surface area contributed by atoms with Gasteiger partial charge in [0, 0.05) is 0 Å². The highest BCUT2D eigenvalue weighted by molar-refractivity contribution is 5.27. The maximum Gasteiger partial charge on any atom is -0.00878 e. The first-order chi connectivity index (χ1) is 11.4. The number of hydrogen-bond donors (Lipinski definition) is 0. The molecule has 0 aromatic carbocycles. The molecule has 6 atom stereocenters. The maximum absolute atomic E-state index is 4.56. The zero-order chi connectivity index (χ0) is 17.7. The molecule has 4 aliphatic carbocycles. The van der Waals surface area contributed by atoms with E-state index in [1.807, 2.05) is 13.8 Å². The highest BCUT2D eigenvalue weighted by atomic mass is 14.6. The Balaban J connectivity index is 0.000000815. The van der Waals surface area contributed by atoms with E-state index in [1.165, 1.54) is 56.9 Å². The van der Waals surface area contributed by atoms with E-state index in [1.54, 1.807) is 11.1 Å². The van der Waals surface area contributed by atoms with Crippen molar-refractivity contribution in [2.75, 3.05) is 0 Å². The van der Waals surface area contributed by atoms with Gasteiger partial charge in [-0.05, 0) is 85.9 Å². The quantitative estimate of drug-likeness (QED) is 0.409. The van der Waals surface area contributed by atoms with Crippen LogP contribution in [0.2, 0.25) is 0 Å². The van der Waals surface area contributed by atoms with E-state index in [2.05, 4.69) is 33.6 Å². The van der Waals surface area contributed by atoms with E-state index in [0.717, 1.165) is 17.8 Å². The topological polar surface area (TPSA) is 0 Å². The van der Waals surface area contributed by atoms with Crippen LogP contribution in [0.3, 0.4) is 0 Å². The second-order valence-corrected chi connectivity index (χ2v) is 9.35. The molecular formula is C24H38. The summed E-state index contributed by atoms with van der Waals surface area (Å²) >= 11 is 0. The summed E-state index contributed by atoms with van der Waals surface area (Å²) in [4.78, 5) is 0. The van der Waals surface area contributed by atoms with E-state index in [4.69, 9.17) is 0 Å². The van der Waals surface area contributed by atoms with Crippen LogP contribution in [0.4, 0.5) is 0 Å². The Bertz CT molecular complexity index is 552. The molecule has 0 aromatic heterocycles. The summed E-state index contributed by atoms with van der Waals surface area (Å²) in [6.45, 7) is 22.4. The predicted octanol–water partition coefficient (Wildman–Crippen LogP) is 7.33. The molecule has 0 heterocycles. The summed E-state index contributed by atoms with van der Waals surface area (Å²) in [6, 6.07) is 0. The molecule has 0 amide bonds. The monoisotopic (exact) mass is 326 g/mol. The number of rotatable bonds is 0. The summed E-state index contributed by atoms with van der Waals surface area (Å²) < 4.78 is 0. The first-order valence-corrected chi connectivity index (χ1v) is 10.4. The average molecular weight is 327 g/mol. The van der Waals surface area contributed by atoms with Gasteiger partial charge in [0.05, 0.1) is 0 Å². The van der Waals surface area contributed by atoms with Crippen molar-refractivity contribution in [2.45, 2.75) is 79.1 Å². The summed E-state index contributed by atoms with van der Waals surface area (Å²) in [5, 5.41) is 0. The Morgan fingerprint density at radius 3 is 2.29 bits per heavy atom. The largest absolute Gasteiger partial charge is 0.0998 e. The Hall–Kier alpha value is -0.780. The molecule has 0 nitrogen and oxygen atoms in total. The van der Waals surface area contributed by atoms with Crippen LogP contribution in [0, 0.1) is 34.5 Å². The molecule has 4 unspecified atom stereocenters. The first-order valence-electron chi connectivity index (χ1n) is 10.4. The van der Waals surface area contributed by atoms with Crippen LogP contribution in [-0.4, -0.2) is 0 Å². The molecule has 0 heteroatoms. The zero-order valence-corrected chi connectivity index (χ0v) is 16.6. The van der Waals surface area contributed by atoms with Crippen LogP contribution < -0.4 is 0 Å². The van der Waals surface area contributed by atoms with Gasteiger partial charge in [-0.2, -0.15) is 0 Å². The van der Waals surface area contributed by atoms with Crippen LogP contribution in [0.25, 0.3) is 0 Å². The van der Waals surface area contributed by atoms with Gasteiger partial charge in [-0.1, -0.05) is 64.2 Å². The number of hydrogen-bond acceptors (Lipinski definition) is 0. The molecule has 0 bridgehead atoms. The van der Waals surface area contributed by atoms with Gasteiger partial charge in [0.25, 0.3) is 0 Å². The molecule has 0 aliphatic heterocycles. The lowest BCUT2D eigenvalue weighted by Gasteiger charge is -2.60. The van der Waals surface area contributed by atoms with E-state index in [9.17, 15) is 0 Å². The maximum atomic E-state index is 4.56. The van der Waals surface area contributed by atoms with Crippen molar-refractivity contribution in [1.29, 1.82) is 0 Å². The van der Waals surface area contributed by atoms with Crippen molar-refractivity contribution in [1.82, 2.24) is 0 Å². The Labute approximate surface area is 150 Å². The number of fused-ring (bicyclic) bond motifs is 5. The Morgan fingerprint density at radius 1 is 0.875 bits per heavy atom. The van der Waals surface area contributed by atoms with Gasteiger partial charge in [0.15, 0.2) is 0 Å². The van der Waals surface area contributed by atoms with Crippen LogP contribution in [0.15, 0.2) is 36.5 Å². The fourth-order valence-electron chi connectivity index (χ4n) is 7.04. The second kappa shape index (κ2) is 6.19. The minimum absolute atomic E-state index is 0.433. The van der Waals surface area contributed by atoms with E-state index < -0.39 is 0 Å². The normalized spacial score (nSPS) is 47.2. The van der Waals surface area contributed by atoms with E-state index >= 15 is 0 Å². The predicted molar refractivity (Wildman–Crippen MR) is 106 cm³/mol. The van der Waals surface area contributed by atoms with Gasteiger partial charge in [0.1, 0.15) is 0 Å². The van der Waals surface area contributed by atoms with Crippen molar-refractivity contribution in [2.24, 2.45) is 34.5 Å². The highest BCUT2D eigenvalue weighted by Crippen LogP contribution is 2.68. The first kappa shape index (κ1) is 18.0. The molecule has 4 saturated carbocycles. The van der Waals surface area contributed by atoms with Crippen LogP contribution in [0.1, 0.15) is 79.1 Å². The molecule has 24 heavy (non-hydrogen) atoms. The molecule has 4 rings (SSSR count). The fourth-order valence-corrected chi connectivity index (χ4v) is 7.04. The van der Waals surface area contributed by atoms with Gasteiger partial charge in [0.2, 0.25) is 0 Å². The van der Waals surface area contributed by atoms with Crippen LogP contribution >= 0.6 is 0 Å². The molecule has 0 aromatic rings. The van der Waals surface area contributed by atoms with Gasteiger partial charge in [-0.3, -0.25) is 0 Å². The molecule has 0 spiro atoms. The molecule has 0 radical (unpaired) electrons. The zero-order valence-electron chi connectivity index (χ0n) is 16.6. The average Bonchev–Trinajstić information content (AvgIpc) is 2.87. The molecule has 0 N–H and O–H groups in total. The van der Waals surface area contributed by atoms with Crippen molar-refractivity contribution in [3.05, 3.63) is 36.5 Å². The number of allylic oxidation sites excluding steroid dienone is 3. The molecule has 134 valence electrons. The van der Waals surface area contributed by atoms with Gasteiger partial charge < -0.3 is 0 Å². The molecular weight excluding hydrogens is 288 g/mol. The van der Waals surface area contributed by atoms with Crippen molar-refractivity contribution >= 4 is 0 Å². The third-order valence-corrected chi connectivity index (χ3v) is 8.54. The van der Waals surface area contributed by atoms with Gasteiger partial charge in [-0.15, -0.1) is 0 Å². The Kier molecular flexibility index (Phi) is 4.65. The van der Waals surface area contributed by atoms with Gasteiger partial charge in [-0.25, -0.2) is 0 Å². The summed E-state index contributed by atoms with van der Waals surface area (Å²) in [7, 11) is 0. The van der Waals surface area contributed by atoms with Crippen molar-refractivity contribution in [3.8, 4) is 0 Å². The van der Waals surface area contributed by atoms with Gasteiger partial charge >= 0.3 is 0 Å². The SMILES string of the molecule is C=C1CC[C@@]2(C)C(C1)C(=C)CC1C2CC[C@]2(C)C(=C)CCC12.CC. The lowest BCUT2D eigenvalue weighted by Crippen LogP contribution is -2.52. The van der Waals surface area contributed by atoms with Crippen molar-refractivity contribution < 1.29 is 0 Å². The minimum atomic E-state index is 0.433. The molecule has 0 saturated heterocycles. The lowest BCUT2D eigenvalue weighted by molar-refractivity contribution is -0.0665. The summed E-state index contributed by atoms with van der Waals surface area (Å²) in [6.07, 6.45) is 10.6. The lowest BCUT2D eigenvalue weighted by atomic mass is 9.44. The Morgan fingerprint density at radius 2 is 1.58 bits per heavy atom. The van der Waals surface area contributed by atoms with E-state index in [0.29, 0.717) is 16.7 Å². The standard InChI is InChI=1S/C22H32.C2H6/c1-14-8-10-22(5)19-9-11-21(4)16(3)6-7-18(21)17(19)13-15(2)20(22)12-14;1-2/h17-20H,1-3,6-13H2,4-5H3;1-2H3/t17?,18?,19?,20?,21-,22-;/m1./s1.